The van der Waals surface area contributed by atoms with Crippen molar-refractivity contribution in [1.29, 1.82) is 0 Å². The van der Waals surface area contributed by atoms with Crippen molar-refractivity contribution in [2.24, 2.45) is 11.8 Å². The van der Waals surface area contributed by atoms with Crippen molar-refractivity contribution < 1.29 is 9.53 Å². The Kier molecular flexibility index (Phi) is 4.40. The second-order valence-corrected chi connectivity index (χ2v) is 5.50. The van der Waals surface area contributed by atoms with Crippen molar-refractivity contribution in [3.8, 4) is 0 Å². The molecule has 2 fully saturated rings. The molecule has 0 aromatic carbocycles. The van der Waals surface area contributed by atoms with E-state index in [1.165, 1.54) is 19.3 Å². The van der Waals surface area contributed by atoms with E-state index in [1.54, 1.807) is 4.90 Å². The van der Waals surface area contributed by atoms with Crippen molar-refractivity contribution in [3.05, 3.63) is 0 Å². The van der Waals surface area contributed by atoms with Gasteiger partial charge in [0.2, 0.25) is 5.91 Å². The van der Waals surface area contributed by atoms with Crippen LogP contribution in [-0.4, -0.2) is 50.7 Å². The number of piperidine rings is 1. The molecule has 0 spiro atoms. The maximum atomic E-state index is 12.0. The number of hydrogen-bond acceptors (Lipinski definition) is 3. The number of carbonyl (C=O) groups excluding carboxylic acids is 1. The predicted octanol–water partition coefficient (Wildman–Crippen LogP) is 0.869. The highest BCUT2D eigenvalue weighted by Crippen LogP contribution is 2.30. The van der Waals surface area contributed by atoms with Crippen molar-refractivity contribution in [2.75, 3.05) is 33.9 Å². The minimum absolute atomic E-state index is 0.0191. The van der Waals surface area contributed by atoms with Gasteiger partial charge in [-0.15, -0.1) is 0 Å². The van der Waals surface area contributed by atoms with E-state index in [2.05, 4.69) is 5.32 Å². The zero-order valence-electron chi connectivity index (χ0n) is 10.9. The molecule has 1 N–H and O–H groups in total. The van der Waals surface area contributed by atoms with E-state index in [0.717, 1.165) is 26.2 Å². The van der Waals surface area contributed by atoms with Crippen molar-refractivity contribution in [1.82, 2.24) is 10.2 Å². The van der Waals surface area contributed by atoms with E-state index in [0.29, 0.717) is 11.8 Å². The lowest BCUT2D eigenvalue weighted by Gasteiger charge is -2.37. The maximum Gasteiger partial charge on any atom is 0.239 e. The smallest absolute Gasteiger partial charge is 0.239 e. The monoisotopic (exact) mass is 240 g/mol. The van der Waals surface area contributed by atoms with Gasteiger partial charge in [0, 0.05) is 27.3 Å². The molecule has 2 rings (SSSR count). The van der Waals surface area contributed by atoms with Crippen molar-refractivity contribution >= 4 is 5.91 Å². The van der Waals surface area contributed by atoms with Gasteiger partial charge < -0.3 is 15.0 Å². The summed E-state index contributed by atoms with van der Waals surface area (Å²) in [6.07, 6.45) is 4.62. The fourth-order valence-corrected chi connectivity index (χ4v) is 3.01. The van der Waals surface area contributed by atoms with Crippen LogP contribution in [0, 0.1) is 11.8 Å². The fraction of sp³-hybridized carbons (Fsp3) is 0.923. The summed E-state index contributed by atoms with van der Waals surface area (Å²) in [6, 6.07) is 0.0191. The van der Waals surface area contributed by atoms with Crippen LogP contribution in [0.3, 0.4) is 0 Å². The largest absolute Gasteiger partial charge is 0.381 e. The third kappa shape index (κ3) is 3.19. The highest BCUT2D eigenvalue weighted by atomic mass is 16.5. The van der Waals surface area contributed by atoms with Gasteiger partial charge in [-0.3, -0.25) is 4.79 Å². The zero-order valence-corrected chi connectivity index (χ0v) is 10.9. The van der Waals surface area contributed by atoms with E-state index >= 15 is 0 Å². The van der Waals surface area contributed by atoms with Gasteiger partial charge in [-0.25, -0.2) is 0 Å². The lowest BCUT2D eigenvalue weighted by atomic mass is 9.79. The highest BCUT2D eigenvalue weighted by Gasteiger charge is 2.32. The first-order valence-electron chi connectivity index (χ1n) is 6.70. The zero-order chi connectivity index (χ0) is 12.3. The topological polar surface area (TPSA) is 41.6 Å². The molecule has 2 aliphatic rings. The SMILES string of the molecule is CN(C)C(=O)C1CC(C2CCCOC2)CCN1. The van der Waals surface area contributed by atoms with Gasteiger partial charge in [-0.1, -0.05) is 0 Å². The minimum Gasteiger partial charge on any atom is -0.381 e. The van der Waals surface area contributed by atoms with Crippen LogP contribution < -0.4 is 5.32 Å². The number of nitrogens with zero attached hydrogens (tertiary/aromatic N) is 1. The molecule has 0 aliphatic carbocycles. The van der Waals surface area contributed by atoms with Crippen LogP contribution in [0.1, 0.15) is 25.7 Å². The van der Waals surface area contributed by atoms with Gasteiger partial charge in [0.25, 0.3) is 0 Å². The molecule has 17 heavy (non-hydrogen) atoms. The maximum absolute atomic E-state index is 12.0. The molecule has 0 radical (unpaired) electrons. The molecule has 0 saturated carbocycles. The van der Waals surface area contributed by atoms with Gasteiger partial charge in [-0.05, 0) is 44.1 Å². The van der Waals surface area contributed by atoms with Gasteiger partial charge in [0.05, 0.1) is 6.04 Å². The summed E-state index contributed by atoms with van der Waals surface area (Å²) >= 11 is 0. The third-order valence-electron chi connectivity index (χ3n) is 4.05. The second kappa shape index (κ2) is 5.83. The van der Waals surface area contributed by atoms with E-state index < -0.39 is 0 Å². The Balaban J connectivity index is 1.89. The molecule has 2 saturated heterocycles. The van der Waals surface area contributed by atoms with Crippen molar-refractivity contribution in [3.63, 3.8) is 0 Å². The number of carbonyl (C=O) groups is 1. The average molecular weight is 240 g/mol. The van der Waals surface area contributed by atoms with Crippen LogP contribution in [0.25, 0.3) is 0 Å². The molecule has 98 valence electrons. The van der Waals surface area contributed by atoms with Crippen LogP contribution in [0.5, 0.6) is 0 Å². The number of amides is 1. The Hall–Kier alpha value is -0.610. The Bertz CT molecular complexity index is 262. The summed E-state index contributed by atoms with van der Waals surface area (Å²) < 4.78 is 5.56. The van der Waals surface area contributed by atoms with E-state index in [9.17, 15) is 4.79 Å². The molecule has 0 aromatic rings. The standard InChI is InChI=1S/C13H24N2O2/c1-15(2)13(16)12-8-10(5-6-14-12)11-4-3-7-17-9-11/h10-12,14H,3-9H2,1-2H3. The lowest BCUT2D eigenvalue weighted by molar-refractivity contribution is -0.132. The summed E-state index contributed by atoms with van der Waals surface area (Å²) in [5, 5.41) is 3.34. The summed E-state index contributed by atoms with van der Waals surface area (Å²) in [4.78, 5) is 13.7. The third-order valence-corrected chi connectivity index (χ3v) is 4.05. The van der Waals surface area contributed by atoms with Gasteiger partial charge in [-0.2, -0.15) is 0 Å². The summed E-state index contributed by atoms with van der Waals surface area (Å²) in [7, 11) is 3.66. The van der Waals surface area contributed by atoms with Gasteiger partial charge in [0.1, 0.15) is 0 Å². The Morgan fingerprint density at radius 3 is 2.76 bits per heavy atom. The summed E-state index contributed by atoms with van der Waals surface area (Å²) in [5.74, 6) is 1.54. The molecule has 4 heteroatoms. The average Bonchev–Trinajstić information content (AvgIpc) is 2.39. The molecular formula is C13H24N2O2. The minimum atomic E-state index is 0.0191. The molecule has 1 amide bonds. The number of nitrogens with one attached hydrogen (secondary N) is 1. The first-order valence-corrected chi connectivity index (χ1v) is 6.70. The molecule has 2 aliphatic heterocycles. The van der Waals surface area contributed by atoms with Crippen LogP contribution in [0.2, 0.25) is 0 Å². The van der Waals surface area contributed by atoms with Crippen LogP contribution in [0.15, 0.2) is 0 Å². The first-order chi connectivity index (χ1) is 8.18. The predicted molar refractivity (Wildman–Crippen MR) is 66.8 cm³/mol. The quantitative estimate of drug-likeness (QED) is 0.778. The van der Waals surface area contributed by atoms with E-state index in [1.807, 2.05) is 14.1 Å². The Morgan fingerprint density at radius 2 is 2.12 bits per heavy atom. The van der Waals surface area contributed by atoms with Crippen LogP contribution >= 0.6 is 0 Å². The Labute approximate surface area is 104 Å². The second-order valence-electron chi connectivity index (χ2n) is 5.50. The molecule has 0 bridgehead atoms. The van der Waals surface area contributed by atoms with E-state index in [-0.39, 0.29) is 11.9 Å². The summed E-state index contributed by atoms with van der Waals surface area (Å²) in [5.41, 5.74) is 0. The molecule has 3 atom stereocenters. The Morgan fingerprint density at radius 1 is 1.29 bits per heavy atom. The number of likely N-dealkylation sites (N-methyl/N-ethyl adjacent to an activating group) is 1. The molecule has 0 aromatic heterocycles. The number of ether oxygens (including phenoxy) is 1. The van der Waals surface area contributed by atoms with Gasteiger partial charge >= 0.3 is 0 Å². The van der Waals surface area contributed by atoms with Crippen LogP contribution in [-0.2, 0) is 9.53 Å². The highest BCUT2D eigenvalue weighted by molar-refractivity contribution is 5.81. The van der Waals surface area contributed by atoms with Crippen molar-refractivity contribution in [2.45, 2.75) is 31.7 Å². The number of hydrogen-bond donors (Lipinski definition) is 1. The molecular weight excluding hydrogens is 216 g/mol. The molecule has 3 unspecified atom stereocenters. The molecule has 4 nitrogen and oxygen atoms in total. The van der Waals surface area contributed by atoms with Crippen LogP contribution in [0.4, 0.5) is 0 Å². The fourth-order valence-electron chi connectivity index (χ4n) is 3.01. The number of rotatable bonds is 2. The van der Waals surface area contributed by atoms with E-state index in [4.69, 9.17) is 4.74 Å². The first kappa shape index (κ1) is 12.8. The summed E-state index contributed by atoms with van der Waals surface area (Å²) in [6.45, 7) is 2.78. The normalized spacial score (nSPS) is 34.4. The molecule has 2 heterocycles. The van der Waals surface area contributed by atoms with Gasteiger partial charge in [0.15, 0.2) is 0 Å². The lowest BCUT2D eigenvalue weighted by Crippen LogP contribution is -2.49.